The van der Waals surface area contributed by atoms with Crippen LogP contribution in [0, 0.1) is 23.2 Å². The minimum atomic E-state index is -0.558. The van der Waals surface area contributed by atoms with Gasteiger partial charge in [0.2, 0.25) is 11.8 Å². The van der Waals surface area contributed by atoms with E-state index in [1.807, 2.05) is 24.3 Å². The molecule has 4 fully saturated rings. The van der Waals surface area contributed by atoms with Gasteiger partial charge < -0.3 is 10.6 Å². The van der Waals surface area contributed by atoms with E-state index in [2.05, 4.69) is 15.6 Å². The Kier molecular flexibility index (Phi) is 4.00. The predicted octanol–water partition coefficient (Wildman–Crippen LogP) is 3.96. The lowest BCUT2D eigenvalue weighted by Gasteiger charge is -2.55. The summed E-state index contributed by atoms with van der Waals surface area (Å²) in [5.74, 6) is 2.04. The Bertz CT molecular complexity index is 837. The van der Waals surface area contributed by atoms with E-state index in [-0.39, 0.29) is 17.2 Å². The molecule has 0 unspecified atom stereocenters. The quantitative estimate of drug-likeness (QED) is 0.840. The first kappa shape index (κ1) is 17.2. The van der Waals surface area contributed by atoms with Crippen molar-refractivity contribution in [1.82, 2.24) is 10.3 Å². The van der Waals surface area contributed by atoms with Gasteiger partial charge in [0.15, 0.2) is 5.13 Å². The SMILES string of the molecule is C[C@@H](NC(=O)C12CC3CC(CC(C3)C1)C2)C(=O)Nc1nc2ccccc2s1. The first-order chi connectivity index (χ1) is 13.0. The Balaban J connectivity index is 1.25. The van der Waals surface area contributed by atoms with E-state index in [9.17, 15) is 9.59 Å². The minimum absolute atomic E-state index is 0.0912. The molecule has 6 heteroatoms. The molecule has 4 bridgehead atoms. The van der Waals surface area contributed by atoms with Crippen LogP contribution in [0.25, 0.3) is 10.2 Å². The van der Waals surface area contributed by atoms with E-state index in [1.165, 1.54) is 30.6 Å². The fraction of sp³-hybridized carbons (Fsp3) is 0.571. The number of para-hydroxylation sites is 1. The molecule has 4 aliphatic rings. The van der Waals surface area contributed by atoms with E-state index < -0.39 is 6.04 Å². The monoisotopic (exact) mass is 383 g/mol. The average Bonchev–Trinajstić information content (AvgIpc) is 3.02. The summed E-state index contributed by atoms with van der Waals surface area (Å²) >= 11 is 1.45. The van der Waals surface area contributed by atoms with Crippen LogP contribution in [-0.2, 0) is 9.59 Å². The van der Waals surface area contributed by atoms with Crippen molar-refractivity contribution in [2.75, 3.05) is 5.32 Å². The molecular formula is C21H25N3O2S. The molecule has 1 atom stereocenters. The summed E-state index contributed by atoms with van der Waals surface area (Å²) < 4.78 is 1.04. The highest BCUT2D eigenvalue weighted by Crippen LogP contribution is 2.60. The van der Waals surface area contributed by atoms with Gasteiger partial charge in [-0.2, -0.15) is 0 Å². The lowest BCUT2D eigenvalue weighted by Crippen LogP contribution is -2.56. The number of nitrogens with zero attached hydrogens (tertiary/aromatic N) is 1. The third kappa shape index (κ3) is 3.04. The fourth-order valence-corrected chi connectivity index (χ4v) is 6.81. The summed E-state index contributed by atoms with van der Waals surface area (Å²) in [5.41, 5.74) is 0.655. The second kappa shape index (κ2) is 6.30. The largest absolute Gasteiger partial charge is 0.344 e. The van der Waals surface area contributed by atoms with Gasteiger partial charge in [0.1, 0.15) is 6.04 Å². The van der Waals surface area contributed by atoms with Gasteiger partial charge in [-0.15, -0.1) is 0 Å². The second-order valence-electron chi connectivity index (χ2n) is 8.87. The maximum atomic E-state index is 13.1. The molecule has 4 aliphatic carbocycles. The molecule has 0 aliphatic heterocycles. The minimum Gasteiger partial charge on any atom is -0.344 e. The molecule has 1 heterocycles. The number of rotatable bonds is 4. The smallest absolute Gasteiger partial charge is 0.248 e. The third-order valence-corrected chi connectivity index (χ3v) is 7.74. The van der Waals surface area contributed by atoms with Crippen molar-refractivity contribution in [3.63, 3.8) is 0 Å². The number of hydrogen-bond donors (Lipinski definition) is 2. The number of carbonyl (C=O) groups is 2. The van der Waals surface area contributed by atoms with Crippen molar-refractivity contribution in [1.29, 1.82) is 0 Å². The van der Waals surface area contributed by atoms with Crippen LogP contribution in [0.4, 0.5) is 5.13 Å². The molecule has 2 N–H and O–H groups in total. The van der Waals surface area contributed by atoms with Crippen LogP contribution in [0.2, 0.25) is 0 Å². The van der Waals surface area contributed by atoms with Crippen molar-refractivity contribution in [2.45, 2.75) is 51.5 Å². The number of thiazole rings is 1. The number of nitrogens with one attached hydrogen (secondary N) is 2. The van der Waals surface area contributed by atoms with Crippen molar-refractivity contribution in [3.8, 4) is 0 Å². The molecule has 1 aromatic heterocycles. The van der Waals surface area contributed by atoms with E-state index >= 15 is 0 Å². The number of aromatic nitrogens is 1. The summed E-state index contributed by atoms with van der Waals surface area (Å²) in [5, 5.41) is 6.46. The normalized spacial score (nSPS) is 32.4. The van der Waals surface area contributed by atoms with Crippen molar-refractivity contribution in [2.24, 2.45) is 23.2 Å². The van der Waals surface area contributed by atoms with Gasteiger partial charge in [0.25, 0.3) is 0 Å². The zero-order chi connectivity index (χ0) is 18.6. The summed E-state index contributed by atoms with van der Waals surface area (Å²) in [6, 6.07) is 7.25. The standard InChI is InChI=1S/C21H25N3O2S/c1-12(18(25)24-20-23-16-4-2-3-5-17(16)27-20)22-19(26)21-9-13-6-14(10-21)8-15(7-13)11-21/h2-5,12-15H,6-11H2,1H3,(H,22,26)(H,23,24,25)/t12-,13?,14?,15?,21?/m1/s1. The zero-order valence-corrected chi connectivity index (χ0v) is 16.3. The second-order valence-corrected chi connectivity index (χ2v) is 9.90. The summed E-state index contributed by atoms with van der Waals surface area (Å²) in [6.45, 7) is 1.76. The van der Waals surface area contributed by atoms with Crippen LogP contribution in [0.1, 0.15) is 45.4 Å². The number of anilines is 1. The first-order valence-electron chi connectivity index (χ1n) is 9.98. The van der Waals surface area contributed by atoms with Gasteiger partial charge >= 0.3 is 0 Å². The fourth-order valence-electron chi connectivity index (χ4n) is 5.94. The zero-order valence-electron chi connectivity index (χ0n) is 15.5. The molecule has 0 radical (unpaired) electrons. The van der Waals surface area contributed by atoms with E-state index in [0.717, 1.165) is 29.5 Å². The highest BCUT2D eigenvalue weighted by Gasteiger charge is 2.54. The summed E-state index contributed by atoms with van der Waals surface area (Å²) in [6.07, 6.45) is 6.95. The number of carbonyl (C=O) groups excluding carboxylic acids is 2. The van der Waals surface area contributed by atoms with Crippen LogP contribution in [0.3, 0.4) is 0 Å². The average molecular weight is 384 g/mol. The van der Waals surface area contributed by atoms with Gasteiger partial charge in [-0.05, 0) is 75.3 Å². The first-order valence-corrected chi connectivity index (χ1v) is 10.8. The topological polar surface area (TPSA) is 71.1 Å². The van der Waals surface area contributed by atoms with Crippen molar-refractivity contribution in [3.05, 3.63) is 24.3 Å². The molecule has 2 aromatic rings. The van der Waals surface area contributed by atoms with Crippen LogP contribution in [0.15, 0.2) is 24.3 Å². The molecule has 1 aromatic carbocycles. The Morgan fingerprint density at radius 3 is 2.37 bits per heavy atom. The lowest BCUT2D eigenvalue weighted by molar-refractivity contribution is -0.147. The maximum absolute atomic E-state index is 13.1. The van der Waals surface area contributed by atoms with Gasteiger partial charge in [0, 0.05) is 5.41 Å². The van der Waals surface area contributed by atoms with Crippen LogP contribution in [-0.4, -0.2) is 22.8 Å². The Hall–Kier alpha value is -1.95. The number of fused-ring (bicyclic) bond motifs is 1. The number of amides is 2. The Labute approximate surface area is 162 Å². The van der Waals surface area contributed by atoms with Gasteiger partial charge in [0.05, 0.1) is 10.2 Å². The van der Waals surface area contributed by atoms with Crippen molar-refractivity contribution >= 4 is 38.5 Å². The molecule has 6 rings (SSSR count). The molecule has 4 saturated carbocycles. The van der Waals surface area contributed by atoms with E-state index in [4.69, 9.17) is 0 Å². The number of benzene rings is 1. The Morgan fingerprint density at radius 1 is 1.11 bits per heavy atom. The van der Waals surface area contributed by atoms with Crippen LogP contribution >= 0.6 is 11.3 Å². The summed E-state index contributed by atoms with van der Waals surface area (Å²) in [7, 11) is 0. The lowest BCUT2D eigenvalue weighted by atomic mass is 9.49. The highest BCUT2D eigenvalue weighted by atomic mass is 32.1. The molecular weight excluding hydrogens is 358 g/mol. The Morgan fingerprint density at radius 2 is 1.74 bits per heavy atom. The third-order valence-electron chi connectivity index (χ3n) is 6.78. The van der Waals surface area contributed by atoms with E-state index in [1.54, 1.807) is 6.92 Å². The predicted molar refractivity (Wildman–Crippen MR) is 106 cm³/mol. The van der Waals surface area contributed by atoms with Gasteiger partial charge in [-0.3, -0.25) is 9.59 Å². The van der Waals surface area contributed by atoms with Gasteiger partial charge in [-0.25, -0.2) is 4.98 Å². The van der Waals surface area contributed by atoms with Crippen LogP contribution in [0.5, 0.6) is 0 Å². The summed E-state index contributed by atoms with van der Waals surface area (Å²) in [4.78, 5) is 30.1. The van der Waals surface area contributed by atoms with E-state index in [0.29, 0.717) is 22.9 Å². The molecule has 5 nitrogen and oxygen atoms in total. The molecule has 2 amide bonds. The number of hydrogen-bond acceptors (Lipinski definition) is 4. The molecule has 0 spiro atoms. The maximum Gasteiger partial charge on any atom is 0.248 e. The molecule has 27 heavy (non-hydrogen) atoms. The highest BCUT2D eigenvalue weighted by molar-refractivity contribution is 7.22. The van der Waals surface area contributed by atoms with Gasteiger partial charge in [-0.1, -0.05) is 23.5 Å². The van der Waals surface area contributed by atoms with Crippen LogP contribution < -0.4 is 10.6 Å². The van der Waals surface area contributed by atoms with Crippen molar-refractivity contribution < 1.29 is 9.59 Å². The molecule has 142 valence electrons. The molecule has 0 saturated heterocycles.